The quantitative estimate of drug-likeness (QED) is 0.293. The lowest BCUT2D eigenvalue weighted by molar-refractivity contribution is -0.138. The number of carbonyl (C=O) groups is 3. The number of carboxylic acid groups (broad SMARTS) is 1. The molecular weight excluding hydrogens is 284 g/mol. The molecule has 0 aromatic carbocycles. The highest BCUT2D eigenvalue weighted by atomic mass is 16.7. The lowest BCUT2D eigenvalue weighted by Crippen LogP contribution is -2.49. The van der Waals surface area contributed by atoms with Gasteiger partial charge in [0.2, 0.25) is 0 Å². The van der Waals surface area contributed by atoms with Crippen LogP contribution in [0.2, 0.25) is 0 Å². The highest BCUT2D eigenvalue weighted by Crippen LogP contribution is 2.28. The van der Waals surface area contributed by atoms with Gasteiger partial charge >= 0.3 is 12.1 Å². The minimum Gasteiger partial charge on any atom is -0.465 e. The number of urea groups is 1. The van der Waals surface area contributed by atoms with E-state index in [0.717, 1.165) is 0 Å². The molecule has 2 aliphatic heterocycles. The van der Waals surface area contributed by atoms with Crippen LogP contribution in [0, 0.1) is 0 Å². The normalized spacial score (nSPS) is 24.1. The van der Waals surface area contributed by atoms with E-state index in [1.807, 2.05) is 0 Å². The molecule has 2 saturated heterocycles. The van der Waals surface area contributed by atoms with Gasteiger partial charge in [0.1, 0.15) is 6.04 Å². The van der Waals surface area contributed by atoms with E-state index in [9.17, 15) is 19.6 Å². The Bertz CT molecular complexity index is 431. The number of hydrogen-bond acceptors (Lipinski definition) is 5. The number of nitrogens with zero attached hydrogens (tertiary/aromatic N) is 2. The molecule has 2 heterocycles. The van der Waals surface area contributed by atoms with Crippen molar-refractivity contribution < 1.29 is 29.5 Å². The lowest BCUT2D eigenvalue weighted by Gasteiger charge is -2.28. The number of amides is 4. The molecule has 0 spiro atoms. The van der Waals surface area contributed by atoms with Gasteiger partial charge in [-0.25, -0.2) is 20.1 Å². The van der Waals surface area contributed by atoms with Gasteiger partial charge in [0, 0.05) is 13.1 Å². The highest BCUT2D eigenvalue weighted by molar-refractivity contribution is 5.87. The van der Waals surface area contributed by atoms with Gasteiger partial charge in [0.15, 0.2) is 0 Å². The van der Waals surface area contributed by atoms with Crippen molar-refractivity contribution >= 4 is 18.0 Å². The summed E-state index contributed by atoms with van der Waals surface area (Å²) in [5, 5.41) is 20.7. The molecule has 0 aliphatic carbocycles. The Morgan fingerprint density at radius 3 is 2.86 bits per heavy atom. The summed E-state index contributed by atoms with van der Waals surface area (Å²) in [6.07, 6.45) is 0.312. The predicted octanol–water partition coefficient (Wildman–Crippen LogP) is -0.650. The standard InChI is InChI=1S/C11H18N4O6/c16-9(13-21-5-1-4-12-10(17)18)8-3-2-7-6-14(8)11(19)15(7)20/h7-8,12,20H,1-6H2,(H,13,16)(H,17,18)/t7-,8+/m1/s1. The minimum absolute atomic E-state index is 0.154. The highest BCUT2D eigenvalue weighted by Gasteiger charge is 2.46. The average molecular weight is 302 g/mol. The van der Waals surface area contributed by atoms with Crippen molar-refractivity contribution in [1.82, 2.24) is 20.8 Å². The summed E-state index contributed by atoms with van der Waals surface area (Å²) in [7, 11) is 0. The summed E-state index contributed by atoms with van der Waals surface area (Å²) >= 11 is 0. The van der Waals surface area contributed by atoms with E-state index in [-0.39, 0.29) is 19.2 Å². The number of hydrogen-bond donors (Lipinski definition) is 4. The second-order valence-corrected chi connectivity index (χ2v) is 4.93. The fourth-order valence-electron chi connectivity index (χ4n) is 2.45. The first-order valence-electron chi connectivity index (χ1n) is 6.68. The maximum Gasteiger partial charge on any atom is 0.404 e. The van der Waals surface area contributed by atoms with Crippen LogP contribution >= 0.6 is 0 Å². The van der Waals surface area contributed by atoms with Crippen LogP contribution in [-0.4, -0.2) is 70.1 Å². The second kappa shape index (κ2) is 6.59. The SMILES string of the molecule is O=C(O)NCCCONC(=O)[C@@H]1CC[C@@H]2CN1C(=O)N2O. The van der Waals surface area contributed by atoms with Gasteiger partial charge in [-0.2, -0.15) is 0 Å². The lowest BCUT2D eigenvalue weighted by atomic mass is 10.0. The van der Waals surface area contributed by atoms with E-state index in [1.54, 1.807) is 0 Å². The molecule has 0 saturated carbocycles. The maximum atomic E-state index is 11.9. The van der Waals surface area contributed by atoms with Crippen molar-refractivity contribution in [1.29, 1.82) is 0 Å². The van der Waals surface area contributed by atoms with Crippen LogP contribution in [0.5, 0.6) is 0 Å². The van der Waals surface area contributed by atoms with Crippen molar-refractivity contribution in [2.24, 2.45) is 0 Å². The van der Waals surface area contributed by atoms with Crippen LogP contribution < -0.4 is 10.8 Å². The molecule has 10 nitrogen and oxygen atoms in total. The third kappa shape index (κ3) is 3.52. The molecule has 4 N–H and O–H groups in total. The number of rotatable bonds is 6. The first-order valence-corrected chi connectivity index (χ1v) is 6.68. The van der Waals surface area contributed by atoms with Gasteiger partial charge in [-0.1, -0.05) is 0 Å². The number of piperidine rings is 1. The Labute approximate surface area is 120 Å². The first kappa shape index (κ1) is 15.3. The molecule has 2 fully saturated rings. The summed E-state index contributed by atoms with van der Waals surface area (Å²) < 4.78 is 0. The summed E-state index contributed by atoms with van der Waals surface area (Å²) in [6, 6.07) is -1.46. The Balaban J connectivity index is 1.69. The van der Waals surface area contributed by atoms with Crippen LogP contribution in [0.4, 0.5) is 9.59 Å². The molecule has 21 heavy (non-hydrogen) atoms. The molecule has 2 atom stereocenters. The number of hydroxylamine groups is 3. The summed E-state index contributed by atoms with van der Waals surface area (Å²) in [5.74, 6) is -0.441. The van der Waals surface area contributed by atoms with E-state index >= 15 is 0 Å². The second-order valence-electron chi connectivity index (χ2n) is 4.93. The van der Waals surface area contributed by atoms with Crippen molar-refractivity contribution in [3.8, 4) is 0 Å². The number of nitrogens with one attached hydrogen (secondary N) is 2. The van der Waals surface area contributed by atoms with Gasteiger partial charge < -0.3 is 15.3 Å². The minimum atomic E-state index is -1.11. The van der Waals surface area contributed by atoms with Crippen molar-refractivity contribution in [2.75, 3.05) is 19.7 Å². The van der Waals surface area contributed by atoms with E-state index < -0.39 is 24.1 Å². The molecule has 2 rings (SSSR count). The molecule has 0 unspecified atom stereocenters. The molecule has 10 heteroatoms. The topological polar surface area (TPSA) is 131 Å². The average Bonchev–Trinajstić information content (AvgIpc) is 2.67. The van der Waals surface area contributed by atoms with Gasteiger partial charge in [-0.15, -0.1) is 0 Å². The Hall–Kier alpha value is -2.07. The van der Waals surface area contributed by atoms with Gasteiger partial charge in [-0.3, -0.25) is 14.8 Å². The smallest absolute Gasteiger partial charge is 0.404 e. The summed E-state index contributed by atoms with van der Waals surface area (Å²) in [4.78, 5) is 40.1. The largest absolute Gasteiger partial charge is 0.465 e. The molecule has 0 aromatic rings. The number of fused-ring (bicyclic) bond motifs is 2. The first-order chi connectivity index (χ1) is 10.0. The molecular formula is C11H18N4O6. The zero-order valence-electron chi connectivity index (χ0n) is 11.3. The Morgan fingerprint density at radius 1 is 1.38 bits per heavy atom. The van der Waals surface area contributed by atoms with Gasteiger partial charge in [-0.05, 0) is 19.3 Å². The molecule has 118 valence electrons. The van der Waals surface area contributed by atoms with Crippen molar-refractivity contribution in [3.63, 3.8) is 0 Å². The zero-order valence-corrected chi connectivity index (χ0v) is 11.3. The molecule has 2 aliphatic rings. The van der Waals surface area contributed by atoms with Crippen molar-refractivity contribution in [2.45, 2.75) is 31.3 Å². The van der Waals surface area contributed by atoms with E-state index in [4.69, 9.17) is 9.94 Å². The maximum absolute atomic E-state index is 11.9. The van der Waals surface area contributed by atoms with Crippen LogP contribution in [0.3, 0.4) is 0 Å². The van der Waals surface area contributed by atoms with Gasteiger partial charge in [0.05, 0.1) is 12.6 Å². The van der Waals surface area contributed by atoms with E-state index in [2.05, 4.69) is 10.8 Å². The Kier molecular flexibility index (Phi) is 4.81. The molecule has 4 amide bonds. The van der Waals surface area contributed by atoms with E-state index in [1.165, 1.54) is 4.90 Å². The zero-order chi connectivity index (χ0) is 15.4. The third-order valence-corrected chi connectivity index (χ3v) is 3.52. The summed E-state index contributed by atoms with van der Waals surface area (Å²) in [5.41, 5.74) is 2.25. The van der Waals surface area contributed by atoms with Crippen LogP contribution in [0.25, 0.3) is 0 Å². The van der Waals surface area contributed by atoms with Gasteiger partial charge in [0.25, 0.3) is 5.91 Å². The molecule has 2 bridgehead atoms. The van der Waals surface area contributed by atoms with Crippen LogP contribution in [-0.2, 0) is 9.63 Å². The molecule has 0 aromatic heterocycles. The third-order valence-electron chi connectivity index (χ3n) is 3.52. The van der Waals surface area contributed by atoms with Crippen LogP contribution in [0.15, 0.2) is 0 Å². The monoisotopic (exact) mass is 302 g/mol. The van der Waals surface area contributed by atoms with Crippen LogP contribution in [0.1, 0.15) is 19.3 Å². The predicted molar refractivity (Wildman–Crippen MR) is 67.3 cm³/mol. The summed E-state index contributed by atoms with van der Waals surface area (Å²) in [6.45, 7) is 0.706. The van der Waals surface area contributed by atoms with Crippen molar-refractivity contribution in [3.05, 3.63) is 0 Å². The number of carbonyl (C=O) groups excluding carboxylic acids is 2. The Morgan fingerprint density at radius 2 is 2.14 bits per heavy atom. The fourth-order valence-corrected chi connectivity index (χ4v) is 2.45. The fraction of sp³-hybridized carbons (Fsp3) is 0.727. The molecule has 0 radical (unpaired) electrons. The van der Waals surface area contributed by atoms with E-state index in [0.29, 0.717) is 30.9 Å².